The Bertz CT molecular complexity index is 799. The second kappa shape index (κ2) is 5.55. The van der Waals surface area contributed by atoms with E-state index in [-0.39, 0.29) is 5.75 Å². The molecule has 1 heterocycles. The fourth-order valence-electron chi connectivity index (χ4n) is 2.13. The van der Waals surface area contributed by atoms with Crippen molar-refractivity contribution in [2.75, 3.05) is 0 Å². The van der Waals surface area contributed by atoms with Crippen LogP contribution in [0.25, 0.3) is 4.91 Å². The Morgan fingerprint density at radius 3 is 2.57 bits per heavy atom. The summed E-state index contributed by atoms with van der Waals surface area (Å²) in [5.41, 5.74) is 2.28. The molecule has 0 saturated carbocycles. The average Bonchev–Trinajstić information content (AvgIpc) is 2.46. The molecule has 4 nitrogen and oxygen atoms in total. The second-order valence-electron chi connectivity index (χ2n) is 4.59. The van der Waals surface area contributed by atoms with E-state index in [4.69, 9.17) is 9.32 Å². The van der Waals surface area contributed by atoms with E-state index in [1.807, 2.05) is 24.3 Å². The van der Waals surface area contributed by atoms with Crippen LogP contribution in [0.3, 0.4) is 0 Å². The van der Waals surface area contributed by atoms with Gasteiger partial charge >= 0.3 is 10.3 Å². The van der Waals surface area contributed by atoms with E-state index in [2.05, 4.69) is 18.2 Å². The molecule has 21 heavy (non-hydrogen) atoms. The molecule has 0 saturated heterocycles. The molecule has 3 rings (SSSR count). The molecule has 0 amide bonds. The van der Waals surface area contributed by atoms with Gasteiger partial charge in [0.15, 0.2) is 0 Å². The SMILES string of the molecule is NS(=O)(=O)Oc1ccc2c(c1)SC(c1ccccc1)=CC2. The van der Waals surface area contributed by atoms with Gasteiger partial charge in [-0.2, -0.15) is 13.6 Å². The highest BCUT2D eigenvalue weighted by atomic mass is 32.2. The van der Waals surface area contributed by atoms with Gasteiger partial charge in [0.2, 0.25) is 0 Å². The third-order valence-corrected chi connectivity index (χ3v) is 4.68. The smallest absolute Gasteiger partial charge is 0.371 e. The van der Waals surface area contributed by atoms with Crippen molar-refractivity contribution in [1.29, 1.82) is 0 Å². The van der Waals surface area contributed by atoms with Crippen LogP contribution in [0.1, 0.15) is 11.1 Å². The van der Waals surface area contributed by atoms with Crippen LogP contribution in [-0.4, -0.2) is 8.42 Å². The molecule has 108 valence electrons. The normalized spacial score (nSPS) is 14.2. The highest BCUT2D eigenvalue weighted by Gasteiger charge is 2.15. The predicted molar refractivity (Wildman–Crippen MR) is 84.2 cm³/mol. The molecular weight excluding hydrogens is 306 g/mol. The Hall–Kier alpha value is -1.76. The first-order valence-electron chi connectivity index (χ1n) is 6.30. The van der Waals surface area contributed by atoms with Crippen LogP contribution < -0.4 is 9.32 Å². The van der Waals surface area contributed by atoms with Gasteiger partial charge in [-0.1, -0.05) is 54.2 Å². The van der Waals surface area contributed by atoms with Crippen molar-refractivity contribution in [3.8, 4) is 5.75 Å². The van der Waals surface area contributed by atoms with Gasteiger partial charge in [-0.3, -0.25) is 0 Å². The number of allylic oxidation sites excluding steroid dienone is 1. The molecule has 0 radical (unpaired) electrons. The molecule has 0 aromatic heterocycles. The van der Waals surface area contributed by atoms with E-state index in [0.717, 1.165) is 27.3 Å². The number of thioether (sulfide) groups is 1. The van der Waals surface area contributed by atoms with E-state index in [0.29, 0.717) is 0 Å². The van der Waals surface area contributed by atoms with Crippen molar-refractivity contribution in [2.24, 2.45) is 5.14 Å². The Kier molecular flexibility index (Phi) is 3.75. The maximum Gasteiger partial charge on any atom is 0.380 e. The maximum atomic E-state index is 11.0. The molecule has 0 fully saturated rings. The van der Waals surface area contributed by atoms with E-state index in [1.54, 1.807) is 23.9 Å². The first-order chi connectivity index (χ1) is 10.0. The van der Waals surface area contributed by atoms with E-state index in [1.165, 1.54) is 0 Å². The molecule has 1 aliphatic heterocycles. The van der Waals surface area contributed by atoms with Crippen LogP contribution >= 0.6 is 11.8 Å². The van der Waals surface area contributed by atoms with Crippen molar-refractivity contribution in [3.05, 3.63) is 65.7 Å². The summed E-state index contributed by atoms with van der Waals surface area (Å²) in [6, 6.07) is 15.2. The zero-order valence-corrected chi connectivity index (χ0v) is 12.7. The lowest BCUT2D eigenvalue weighted by Crippen LogP contribution is -2.19. The lowest BCUT2D eigenvalue weighted by atomic mass is 10.1. The van der Waals surface area contributed by atoms with Gasteiger partial charge in [-0.05, 0) is 29.7 Å². The van der Waals surface area contributed by atoms with Gasteiger partial charge < -0.3 is 4.18 Å². The van der Waals surface area contributed by atoms with E-state index < -0.39 is 10.3 Å². The number of fused-ring (bicyclic) bond motifs is 1. The summed E-state index contributed by atoms with van der Waals surface area (Å²) < 4.78 is 26.7. The molecule has 0 atom stereocenters. The minimum Gasteiger partial charge on any atom is -0.371 e. The second-order valence-corrected chi connectivity index (χ2v) is 6.82. The Morgan fingerprint density at radius 1 is 1.10 bits per heavy atom. The van der Waals surface area contributed by atoms with Crippen LogP contribution in [0.2, 0.25) is 0 Å². The third kappa shape index (κ3) is 3.47. The van der Waals surface area contributed by atoms with Crippen molar-refractivity contribution in [3.63, 3.8) is 0 Å². The van der Waals surface area contributed by atoms with Gasteiger partial charge in [0.25, 0.3) is 0 Å². The van der Waals surface area contributed by atoms with Crippen molar-refractivity contribution < 1.29 is 12.6 Å². The monoisotopic (exact) mass is 319 g/mol. The third-order valence-electron chi connectivity index (χ3n) is 3.04. The lowest BCUT2D eigenvalue weighted by Gasteiger charge is -2.17. The Morgan fingerprint density at radius 2 is 1.86 bits per heavy atom. The maximum absolute atomic E-state index is 11.0. The van der Waals surface area contributed by atoms with Gasteiger partial charge in [-0.15, -0.1) is 0 Å². The zero-order chi connectivity index (χ0) is 14.9. The fraction of sp³-hybridized carbons (Fsp3) is 0.0667. The number of nitrogens with two attached hydrogens (primary N) is 1. The standard InChI is InChI=1S/C15H13NO3S2/c16-21(17,18)19-13-8-6-12-7-9-14(20-15(12)10-13)11-4-2-1-3-5-11/h1-6,8-10H,7H2,(H2,16,17,18). The fourth-order valence-corrected chi connectivity index (χ4v) is 3.61. The molecule has 2 aromatic carbocycles. The number of benzene rings is 2. The highest BCUT2D eigenvalue weighted by Crippen LogP contribution is 2.41. The van der Waals surface area contributed by atoms with Crippen molar-refractivity contribution in [2.45, 2.75) is 11.3 Å². The lowest BCUT2D eigenvalue weighted by molar-refractivity contribution is 0.487. The molecule has 0 aliphatic carbocycles. The molecule has 6 heteroatoms. The summed E-state index contributed by atoms with van der Waals surface area (Å²) in [5.74, 6) is 0.234. The largest absolute Gasteiger partial charge is 0.380 e. The summed E-state index contributed by atoms with van der Waals surface area (Å²) in [7, 11) is -3.99. The first-order valence-corrected chi connectivity index (χ1v) is 8.59. The van der Waals surface area contributed by atoms with E-state index >= 15 is 0 Å². The highest BCUT2D eigenvalue weighted by molar-refractivity contribution is 8.08. The van der Waals surface area contributed by atoms with Crippen molar-refractivity contribution >= 4 is 27.0 Å². The number of rotatable bonds is 3. The number of hydrogen-bond acceptors (Lipinski definition) is 4. The van der Waals surface area contributed by atoms with E-state index in [9.17, 15) is 8.42 Å². The summed E-state index contributed by atoms with van der Waals surface area (Å²) in [5, 5.41) is 4.89. The van der Waals surface area contributed by atoms with Gasteiger partial charge in [0.05, 0.1) is 0 Å². The molecule has 2 N–H and O–H groups in total. The summed E-state index contributed by atoms with van der Waals surface area (Å²) >= 11 is 1.60. The first kappa shape index (κ1) is 14.2. The van der Waals surface area contributed by atoms with Crippen molar-refractivity contribution in [1.82, 2.24) is 0 Å². The van der Waals surface area contributed by atoms with Gasteiger partial charge in [0, 0.05) is 9.80 Å². The minimum absolute atomic E-state index is 0.234. The molecular formula is C15H13NO3S2. The van der Waals surface area contributed by atoms with Crippen LogP contribution in [0.15, 0.2) is 59.5 Å². The summed E-state index contributed by atoms with van der Waals surface area (Å²) in [6.45, 7) is 0. The van der Waals surface area contributed by atoms with Crippen LogP contribution in [0.4, 0.5) is 0 Å². The Labute approximate surface area is 127 Å². The van der Waals surface area contributed by atoms with Gasteiger partial charge in [0.1, 0.15) is 5.75 Å². The molecule has 2 aromatic rings. The Balaban J connectivity index is 1.89. The van der Waals surface area contributed by atoms with Gasteiger partial charge in [-0.25, -0.2) is 0 Å². The topological polar surface area (TPSA) is 69.4 Å². The van der Waals surface area contributed by atoms with Crippen LogP contribution in [0.5, 0.6) is 5.75 Å². The molecule has 0 unspecified atom stereocenters. The van der Waals surface area contributed by atoms with Crippen LogP contribution in [-0.2, 0) is 16.7 Å². The number of hydrogen-bond donors (Lipinski definition) is 1. The minimum atomic E-state index is -3.99. The zero-order valence-electron chi connectivity index (χ0n) is 11.0. The molecule has 0 bridgehead atoms. The van der Waals surface area contributed by atoms with Crippen LogP contribution in [0, 0.1) is 0 Å². The summed E-state index contributed by atoms with van der Waals surface area (Å²) in [6.07, 6.45) is 2.98. The molecule has 1 aliphatic rings. The predicted octanol–water partition coefficient (Wildman–Crippen LogP) is 2.96. The molecule has 0 spiro atoms. The summed E-state index contributed by atoms with van der Waals surface area (Å²) in [4.78, 5) is 2.13. The quantitative estimate of drug-likeness (QED) is 0.944. The average molecular weight is 319 g/mol.